The molecule has 0 amide bonds. The Balaban J connectivity index is 2.60. The summed E-state index contributed by atoms with van der Waals surface area (Å²) in [4.78, 5) is 1.41. The van der Waals surface area contributed by atoms with Gasteiger partial charge in [-0.1, -0.05) is 19.1 Å². The lowest BCUT2D eigenvalue weighted by molar-refractivity contribution is 0.453. The Kier molecular flexibility index (Phi) is 4.91. The predicted molar refractivity (Wildman–Crippen MR) is 64.8 cm³/mol. The summed E-state index contributed by atoms with van der Waals surface area (Å²) >= 11 is 1.81. The molecule has 0 aliphatic heterocycles. The van der Waals surface area contributed by atoms with Crippen LogP contribution < -0.4 is 5.32 Å². The zero-order valence-corrected chi connectivity index (χ0v) is 9.81. The summed E-state index contributed by atoms with van der Waals surface area (Å²) in [5.41, 5.74) is 0. The minimum Gasteiger partial charge on any atom is -0.306 e. The van der Waals surface area contributed by atoms with E-state index in [2.05, 4.69) is 43.3 Å². The lowest BCUT2D eigenvalue weighted by Crippen LogP contribution is -2.29. The van der Waals surface area contributed by atoms with Gasteiger partial charge in [0.1, 0.15) is 0 Å². The monoisotopic (exact) mass is 209 g/mol. The maximum Gasteiger partial charge on any atom is 0.0451 e. The number of nitrogens with one attached hydrogen (secondary N) is 1. The molecule has 0 saturated heterocycles. The molecule has 14 heavy (non-hydrogen) atoms. The fourth-order valence-electron chi connectivity index (χ4n) is 1.38. The molecule has 2 atom stereocenters. The first-order valence-electron chi connectivity index (χ1n) is 5.18. The molecule has 1 aromatic rings. The first kappa shape index (κ1) is 11.5. The highest BCUT2D eigenvalue weighted by Crippen LogP contribution is 2.22. The maximum atomic E-state index is 3.81. The van der Waals surface area contributed by atoms with Crippen LogP contribution in [-0.2, 0) is 0 Å². The molecule has 1 aromatic heterocycles. The van der Waals surface area contributed by atoms with E-state index >= 15 is 0 Å². The highest BCUT2D eigenvalue weighted by Gasteiger charge is 2.12. The molecule has 0 spiro atoms. The predicted octanol–water partition coefficient (Wildman–Crippen LogP) is 3.75. The van der Waals surface area contributed by atoms with Gasteiger partial charge in [0.25, 0.3) is 0 Å². The van der Waals surface area contributed by atoms with Crippen molar-refractivity contribution in [1.82, 2.24) is 5.32 Å². The van der Waals surface area contributed by atoms with Gasteiger partial charge in [-0.15, -0.1) is 17.9 Å². The Labute approximate surface area is 90.9 Å². The van der Waals surface area contributed by atoms with Gasteiger partial charge in [0.15, 0.2) is 0 Å². The zero-order chi connectivity index (χ0) is 10.4. The first-order chi connectivity index (χ1) is 6.77. The van der Waals surface area contributed by atoms with E-state index in [1.807, 2.05) is 17.4 Å². The van der Waals surface area contributed by atoms with Crippen LogP contribution in [0.2, 0.25) is 0 Å². The fourth-order valence-corrected chi connectivity index (χ4v) is 2.18. The third-order valence-electron chi connectivity index (χ3n) is 2.39. The normalized spacial score (nSPS) is 15.0. The molecule has 0 aliphatic rings. The van der Waals surface area contributed by atoms with Crippen molar-refractivity contribution >= 4 is 11.3 Å². The molecule has 1 rings (SSSR count). The lowest BCUT2D eigenvalue weighted by atomic mass is 10.1. The number of rotatable bonds is 6. The molecule has 2 unspecified atom stereocenters. The Morgan fingerprint density at radius 2 is 2.43 bits per heavy atom. The smallest absolute Gasteiger partial charge is 0.0451 e. The largest absolute Gasteiger partial charge is 0.306 e. The lowest BCUT2D eigenvalue weighted by Gasteiger charge is -2.20. The SMILES string of the molecule is C=CCC(NC(C)CC)c1cccs1. The number of thiophene rings is 1. The summed E-state index contributed by atoms with van der Waals surface area (Å²) in [6.07, 6.45) is 4.16. The highest BCUT2D eigenvalue weighted by molar-refractivity contribution is 7.10. The standard InChI is InChI=1S/C12H19NS/c1-4-7-11(13-10(3)5-2)12-8-6-9-14-12/h4,6,8-11,13H,1,5,7H2,2-3H3. The molecule has 2 heteroatoms. The molecule has 0 saturated carbocycles. The summed E-state index contributed by atoms with van der Waals surface area (Å²) in [5, 5.41) is 5.74. The van der Waals surface area contributed by atoms with Gasteiger partial charge in [0, 0.05) is 17.0 Å². The van der Waals surface area contributed by atoms with Crippen molar-refractivity contribution in [2.45, 2.75) is 38.8 Å². The number of hydrogen-bond acceptors (Lipinski definition) is 2. The van der Waals surface area contributed by atoms with Crippen LogP contribution in [0.1, 0.15) is 37.6 Å². The van der Waals surface area contributed by atoms with Crippen molar-refractivity contribution < 1.29 is 0 Å². The van der Waals surface area contributed by atoms with Crippen molar-refractivity contribution in [3.63, 3.8) is 0 Å². The molecule has 78 valence electrons. The number of hydrogen-bond donors (Lipinski definition) is 1. The van der Waals surface area contributed by atoms with Gasteiger partial charge in [-0.05, 0) is 31.2 Å². The Bertz CT molecular complexity index is 253. The zero-order valence-electron chi connectivity index (χ0n) is 8.99. The molecule has 1 N–H and O–H groups in total. The van der Waals surface area contributed by atoms with Crippen molar-refractivity contribution in [3.8, 4) is 0 Å². The average Bonchev–Trinajstić information content (AvgIpc) is 2.69. The van der Waals surface area contributed by atoms with Crippen LogP contribution in [0.5, 0.6) is 0 Å². The van der Waals surface area contributed by atoms with E-state index in [4.69, 9.17) is 0 Å². The molecule has 0 bridgehead atoms. The molecule has 0 fully saturated rings. The van der Waals surface area contributed by atoms with Crippen LogP contribution >= 0.6 is 11.3 Å². The minimum atomic E-state index is 0.447. The molecular formula is C12H19NS. The first-order valence-corrected chi connectivity index (χ1v) is 6.06. The van der Waals surface area contributed by atoms with Gasteiger partial charge in [0.05, 0.1) is 0 Å². The van der Waals surface area contributed by atoms with E-state index in [1.165, 1.54) is 11.3 Å². The van der Waals surface area contributed by atoms with Crippen LogP contribution in [-0.4, -0.2) is 6.04 Å². The maximum absolute atomic E-state index is 3.81. The van der Waals surface area contributed by atoms with E-state index in [0.717, 1.165) is 6.42 Å². The van der Waals surface area contributed by atoms with Crippen LogP contribution in [0.3, 0.4) is 0 Å². The molecule has 1 nitrogen and oxygen atoms in total. The fraction of sp³-hybridized carbons (Fsp3) is 0.500. The van der Waals surface area contributed by atoms with E-state index < -0.39 is 0 Å². The van der Waals surface area contributed by atoms with E-state index in [0.29, 0.717) is 12.1 Å². The Morgan fingerprint density at radius 3 is 2.93 bits per heavy atom. The van der Waals surface area contributed by atoms with E-state index in [-0.39, 0.29) is 0 Å². The average molecular weight is 209 g/mol. The molecule has 0 aromatic carbocycles. The second-order valence-corrected chi connectivity index (χ2v) is 4.55. The third-order valence-corrected chi connectivity index (χ3v) is 3.37. The van der Waals surface area contributed by atoms with E-state index in [1.54, 1.807) is 0 Å². The van der Waals surface area contributed by atoms with E-state index in [9.17, 15) is 0 Å². The third kappa shape index (κ3) is 3.28. The molecule has 1 heterocycles. The minimum absolute atomic E-state index is 0.447. The van der Waals surface area contributed by atoms with Gasteiger partial charge in [0.2, 0.25) is 0 Å². The van der Waals surface area contributed by atoms with Crippen LogP contribution in [0, 0.1) is 0 Å². The van der Waals surface area contributed by atoms with Crippen molar-refractivity contribution in [2.75, 3.05) is 0 Å². The summed E-state index contributed by atoms with van der Waals surface area (Å²) in [7, 11) is 0. The van der Waals surface area contributed by atoms with Crippen LogP contribution in [0.25, 0.3) is 0 Å². The Hall–Kier alpha value is -0.600. The van der Waals surface area contributed by atoms with Crippen molar-refractivity contribution in [1.29, 1.82) is 0 Å². The highest BCUT2D eigenvalue weighted by atomic mass is 32.1. The van der Waals surface area contributed by atoms with Gasteiger partial charge in [-0.25, -0.2) is 0 Å². The second kappa shape index (κ2) is 5.99. The van der Waals surface area contributed by atoms with Crippen molar-refractivity contribution in [3.05, 3.63) is 35.0 Å². The van der Waals surface area contributed by atoms with Gasteiger partial charge in [-0.2, -0.15) is 0 Å². The van der Waals surface area contributed by atoms with Crippen LogP contribution in [0.15, 0.2) is 30.2 Å². The summed E-state index contributed by atoms with van der Waals surface area (Å²) < 4.78 is 0. The second-order valence-electron chi connectivity index (χ2n) is 3.57. The molecule has 0 aliphatic carbocycles. The summed E-state index contributed by atoms with van der Waals surface area (Å²) in [6, 6.07) is 5.31. The summed E-state index contributed by atoms with van der Waals surface area (Å²) in [6.45, 7) is 8.24. The molecule has 0 radical (unpaired) electrons. The van der Waals surface area contributed by atoms with Gasteiger partial charge >= 0.3 is 0 Å². The van der Waals surface area contributed by atoms with Crippen LogP contribution in [0.4, 0.5) is 0 Å². The topological polar surface area (TPSA) is 12.0 Å². The molecular weight excluding hydrogens is 190 g/mol. The van der Waals surface area contributed by atoms with Crippen molar-refractivity contribution in [2.24, 2.45) is 0 Å². The Morgan fingerprint density at radius 1 is 1.64 bits per heavy atom. The van der Waals surface area contributed by atoms with Gasteiger partial charge in [-0.3, -0.25) is 0 Å². The summed E-state index contributed by atoms with van der Waals surface area (Å²) in [5.74, 6) is 0. The quantitative estimate of drug-likeness (QED) is 0.704. The van der Waals surface area contributed by atoms with Gasteiger partial charge < -0.3 is 5.32 Å².